The number of amides is 2. The van der Waals surface area contributed by atoms with Gasteiger partial charge in [-0.15, -0.1) is 6.58 Å². The molecule has 0 spiro atoms. The molecular weight excluding hydrogens is 1050 g/mol. The van der Waals surface area contributed by atoms with Crippen LogP contribution in [0.2, 0.25) is 0 Å². The number of alkyl halides is 6. The standard InChI is InChI=1S/C47H54Cl6N2O15/c1-4-21-61-42-35(55-45(58)65-27-47(51,52)53)39(66-28(3)40(56)60-5-2)37(32(67-42)24-59-22-29-15-9-6-10-16-29)70-43-34(54-44(57)64-26-46(48,49)50)38(62-23-30-17-11-7-12-18-30)36-33(68-43)25-63-41(69-36)31-19-13-8-14-20-31/h4,6-20,28,32-39,41-43H,1,5,21-27H2,2-3H3,(H,54,57)(H,55,58)/t28?,32-,33-,34-,35-,36-,37-,38-,39-,41?,42?,43+/m1/s1. The molecule has 3 aromatic rings. The molecule has 6 rings (SSSR count). The molecule has 0 saturated carbocycles. The van der Waals surface area contributed by atoms with E-state index in [1.807, 2.05) is 91.0 Å². The van der Waals surface area contributed by atoms with Gasteiger partial charge in [0, 0.05) is 5.56 Å². The molecule has 0 bridgehead atoms. The van der Waals surface area contributed by atoms with Crippen LogP contribution in [0.4, 0.5) is 9.59 Å². The number of halogens is 6. The number of ether oxygens (including phenoxy) is 12. The number of carbonyl (C=O) groups excluding carboxylic acids is 3. The van der Waals surface area contributed by atoms with E-state index in [-0.39, 0.29) is 39.6 Å². The lowest BCUT2D eigenvalue weighted by atomic mass is 9.93. The van der Waals surface area contributed by atoms with Crippen molar-refractivity contribution in [3.05, 3.63) is 120 Å². The fraction of sp³-hybridized carbons (Fsp3) is 0.511. The van der Waals surface area contributed by atoms with Gasteiger partial charge in [0.05, 0.1) is 39.6 Å². The Kier molecular flexibility index (Phi) is 21.8. The predicted octanol–water partition coefficient (Wildman–Crippen LogP) is 8.21. The second-order valence-electron chi connectivity index (χ2n) is 16.0. The Hall–Kier alpha value is -3.21. The lowest BCUT2D eigenvalue weighted by Crippen LogP contribution is -2.71. The van der Waals surface area contributed by atoms with Crippen LogP contribution in [-0.2, 0) is 74.9 Å². The molecule has 2 N–H and O–H groups in total. The van der Waals surface area contributed by atoms with Crippen LogP contribution in [-0.4, -0.2) is 133 Å². The van der Waals surface area contributed by atoms with E-state index in [0.717, 1.165) is 11.1 Å². The van der Waals surface area contributed by atoms with Crippen molar-refractivity contribution in [2.75, 3.05) is 39.6 Å². The van der Waals surface area contributed by atoms with Gasteiger partial charge in [0.15, 0.2) is 25.0 Å². The van der Waals surface area contributed by atoms with Crippen LogP contribution in [0.5, 0.6) is 0 Å². The third kappa shape index (κ3) is 17.2. The average Bonchev–Trinajstić information content (AvgIpc) is 3.34. The second kappa shape index (κ2) is 27.2. The minimum atomic E-state index is -1.98. The zero-order chi connectivity index (χ0) is 50.3. The first-order valence-corrected chi connectivity index (χ1v) is 24.4. The highest BCUT2D eigenvalue weighted by Gasteiger charge is 2.56. The lowest BCUT2D eigenvalue weighted by molar-refractivity contribution is -0.371. The van der Waals surface area contributed by atoms with Crippen LogP contribution in [0, 0.1) is 0 Å². The number of benzene rings is 3. The first-order valence-electron chi connectivity index (χ1n) is 22.1. The van der Waals surface area contributed by atoms with Crippen LogP contribution < -0.4 is 10.6 Å². The monoisotopic (exact) mass is 1100 g/mol. The van der Waals surface area contributed by atoms with E-state index in [1.54, 1.807) is 6.92 Å². The number of hydrogen-bond donors (Lipinski definition) is 2. The van der Waals surface area contributed by atoms with Crippen molar-refractivity contribution in [1.82, 2.24) is 10.6 Å². The molecule has 23 heteroatoms. The molecular formula is C47H54Cl6N2O15. The van der Waals surface area contributed by atoms with Crippen molar-refractivity contribution in [1.29, 1.82) is 0 Å². The summed E-state index contributed by atoms with van der Waals surface area (Å²) in [6.07, 6.45) is -12.6. The lowest BCUT2D eigenvalue weighted by Gasteiger charge is -2.52. The molecule has 12 atom stereocenters. The third-order valence-electron chi connectivity index (χ3n) is 10.7. The summed E-state index contributed by atoms with van der Waals surface area (Å²) in [4.78, 5) is 40.7. The van der Waals surface area contributed by atoms with E-state index in [1.165, 1.54) is 13.0 Å². The fourth-order valence-electron chi connectivity index (χ4n) is 7.63. The van der Waals surface area contributed by atoms with E-state index in [2.05, 4.69) is 17.2 Å². The van der Waals surface area contributed by atoms with Crippen molar-refractivity contribution < 1.29 is 71.2 Å². The molecule has 3 heterocycles. The van der Waals surface area contributed by atoms with Crippen molar-refractivity contribution in [2.24, 2.45) is 0 Å². The van der Waals surface area contributed by atoms with Gasteiger partial charge in [0.2, 0.25) is 7.59 Å². The topological polar surface area (TPSA) is 186 Å². The number of nitrogens with one attached hydrogen (secondary N) is 2. The van der Waals surface area contributed by atoms with Gasteiger partial charge < -0.3 is 67.5 Å². The molecule has 17 nitrogen and oxygen atoms in total. The number of alkyl carbamates (subject to hydrolysis) is 2. The van der Waals surface area contributed by atoms with Crippen LogP contribution >= 0.6 is 69.6 Å². The predicted molar refractivity (Wildman–Crippen MR) is 258 cm³/mol. The Morgan fingerprint density at radius 3 is 1.87 bits per heavy atom. The van der Waals surface area contributed by atoms with Crippen molar-refractivity contribution >= 4 is 87.8 Å². The first-order chi connectivity index (χ1) is 33.5. The summed E-state index contributed by atoms with van der Waals surface area (Å²) < 4.78 is 70.8. The van der Waals surface area contributed by atoms with Gasteiger partial charge in [0.1, 0.15) is 61.9 Å². The number of rotatable bonds is 21. The smallest absolute Gasteiger partial charge is 0.407 e. The highest BCUT2D eigenvalue weighted by atomic mass is 35.6. The van der Waals surface area contributed by atoms with Crippen molar-refractivity contribution in [3.63, 3.8) is 0 Å². The van der Waals surface area contributed by atoms with E-state index < -0.39 is 113 Å². The number of fused-ring (bicyclic) bond motifs is 1. The maximum absolute atomic E-state index is 13.8. The summed E-state index contributed by atoms with van der Waals surface area (Å²) in [5.41, 5.74) is 2.32. The molecule has 0 aliphatic carbocycles. The molecule has 2 amide bonds. The average molecular weight is 1100 g/mol. The zero-order valence-electron chi connectivity index (χ0n) is 37.9. The summed E-state index contributed by atoms with van der Waals surface area (Å²) in [5, 5.41) is 5.48. The molecule has 0 radical (unpaired) electrons. The molecule has 3 aromatic carbocycles. The van der Waals surface area contributed by atoms with Crippen molar-refractivity contribution in [2.45, 2.75) is 108 Å². The Labute approximate surface area is 435 Å². The molecule has 384 valence electrons. The molecule has 3 aliphatic rings. The molecule has 0 aromatic heterocycles. The van der Waals surface area contributed by atoms with Crippen LogP contribution in [0.15, 0.2) is 104 Å². The van der Waals surface area contributed by atoms with E-state index in [9.17, 15) is 14.4 Å². The van der Waals surface area contributed by atoms with E-state index in [0.29, 0.717) is 5.56 Å². The van der Waals surface area contributed by atoms with Gasteiger partial charge in [0.25, 0.3) is 0 Å². The number of esters is 1. The highest BCUT2D eigenvalue weighted by molar-refractivity contribution is 6.68. The van der Waals surface area contributed by atoms with Crippen LogP contribution in [0.1, 0.15) is 36.8 Å². The summed E-state index contributed by atoms with van der Waals surface area (Å²) in [6.45, 7) is 5.37. The molecule has 70 heavy (non-hydrogen) atoms. The minimum Gasteiger partial charge on any atom is -0.464 e. The van der Waals surface area contributed by atoms with Gasteiger partial charge in [-0.3, -0.25) is 0 Å². The summed E-state index contributed by atoms with van der Waals surface area (Å²) in [7, 11) is 0. The van der Waals surface area contributed by atoms with Gasteiger partial charge in [-0.05, 0) is 25.0 Å². The summed E-state index contributed by atoms with van der Waals surface area (Å²) in [5.74, 6) is -0.752. The molecule has 3 unspecified atom stereocenters. The molecule has 3 aliphatic heterocycles. The van der Waals surface area contributed by atoms with Crippen LogP contribution in [0.25, 0.3) is 0 Å². The Morgan fingerprint density at radius 1 is 0.729 bits per heavy atom. The Bertz CT molecular complexity index is 2090. The highest BCUT2D eigenvalue weighted by Crippen LogP contribution is 2.39. The Balaban J connectivity index is 1.44. The van der Waals surface area contributed by atoms with E-state index in [4.69, 9.17) is 126 Å². The number of carbonyl (C=O) groups is 3. The second-order valence-corrected chi connectivity index (χ2v) is 21.0. The largest absolute Gasteiger partial charge is 0.464 e. The zero-order valence-corrected chi connectivity index (χ0v) is 42.5. The van der Waals surface area contributed by atoms with Gasteiger partial charge in [-0.25, -0.2) is 14.4 Å². The fourth-order valence-corrected chi connectivity index (χ4v) is 7.96. The maximum atomic E-state index is 13.8. The van der Waals surface area contributed by atoms with E-state index >= 15 is 0 Å². The van der Waals surface area contributed by atoms with Gasteiger partial charge >= 0.3 is 18.2 Å². The third-order valence-corrected chi connectivity index (χ3v) is 11.3. The van der Waals surface area contributed by atoms with Crippen molar-refractivity contribution in [3.8, 4) is 0 Å². The Morgan fingerprint density at radius 2 is 1.30 bits per heavy atom. The quantitative estimate of drug-likeness (QED) is 0.0450. The van der Waals surface area contributed by atoms with Gasteiger partial charge in [-0.2, -0.15) is 0 Å². The molecule has 3 fully saturated rings. The maximum Gasteiger partial charge on any atom is 0.407 e. The van der Waals surface area contributed by atoms with Crippen LogP contribution in [0.3, 0.4) is 0 Å². The SMILES string of the molecule is C=CCOC1O[C@H](COCc2ccccc2)[C@@H](O[C@@H]2O[C@@H]3COC(c4ccccc4)O[C@H]3[C@H](OCc3ccccc3)[C@H]2NC(=O)OCC(Cl)(Cl)Cl)[C@H](OC(C)C(=O)OCC)[C@H]1NC(=O)OCC(Cl)(Cl)Cl. The normalized spacial score (nSPS) is 27.3. The minimum absolute atomic E-state index is 0.0200. The molecule has 3 saturated heterocycles. The summed E-state index contributed by atoms with van der Waals surface area (Å²) >= 11 is 35.8. The summed E-state index contributed by atoms with van der Waals surface area (Å²) in [6, 6.07) is 25.1. The first kappa shape index (κ1) is 56.1. The number of hydrogen-bond acceptors (Lipinski definition) is 15. The van der Waals surface area contributed by atoms with Gasteiger partial charge in [-0.1, -0.05) is 167 Å².